The van der Waals surface area contributed by atoms with Crippen molar-refractivity contribution in [1.29, 1.82) is 0 Å². The number of rotatable bonds is 7. The van der Waals surface area contributed by atoms with Gasteiger partial charge in [-0.25, -0.2) is 0 Å². The Morgan fingerprint density at radius 2 is 1.77 bits per heavy atom. The maximum Gasteiger partial charge on any atom is 0.142 e. The van der Waals surface area contributed by atoms with Gasteiger partial charge in [-0.1, -0.05) is 12.1 Å². The summed E-state index contributed by atoms with van der Waals surface area (Å²) in [7, 11) is 3.87. The number of hydrogen-bond acceptors (Lipinski definition) is 8. The average Bonchev–Trinajstić information content (AvgIpc) is 3.14. The van der Waals surface area contributed by atoms with Crippen molar-refractivity contribution < 1.29 is 19.7 Å². The zero-order chi connectivity index (χ0) is 21.8. The number of likely N-dealkylation sites (tertiary alicyclic amines) is 1. The molecule has 4 unspecified atom stereocenters. The molecule has 174 valence electrons. The van der Waals surface area contributed by atoms with Crippen molar-refractivity contribution in [2.45, 2.75) is 43.2 Å². The number of anilines is 1. The molecule has 1 aromatic rings. The van der Waals surface area contributed by atoms with Crippen molar-refractivity contribution in [1.82, 2.24) is 15.1 Å². The quantitative estimate of drug-likeness (QED) is 0.553. The number of ether oxygens (including phenoxy) is 2. The zero-order valence-corrected chi connectivity index (χ0v) is 18.8. The Hall–Kier alpha value is -1.42. The molecule has 8 nitrogen and oxygen atoms in total. The number of piperidine rings is 1. The molecule has 31 heavy (non-hydrogen) atoms. The molecule has 8 heteroatoms. The number of piperazine rings is 1. The van der Waals surface area contributed by atoms with E-state index < -0.39 is 12.2 Å². The maximum atomic E-state index is 10.9. The summed E-state index contributed by atoms with van der Waals surface area (Å²) in [4.78, 5) is 7.04. The lowest BCUT2D eigenvalue weighted by Crippen LogP contribution is -2.58. The summed E-state index contributed by atoms with van der Waals surface area (Å²) in [5.74, 6) is 0.890. The fourth-order valence-corrected chi connectivity index (χ4v) is 5.24. The Bertz CT molecular complexity index is 692. The molecular weight excluding hydrogens is 396 g/mol. The average molecular weight is 435 g/mol. The number of nitrogens with one attached hydrogen (secondary N) is 1. The van der Waals surface area contributed by atoms with E-state index in [-0.39, 0.29) is 18.8 Å². The number of aliphatic hydroxyl groups is 2. The molecule has 0 radical (unpaired) electrons. The van der Waals surface area contributed by atoms with Gasteiger partial charge in [0.15, 0.2) is 0 Å². The van der Waals surface area contributed by atoms with Crippen LogP contribution >= 0.6 is 0 Å². The molecule has 3 saturated heterocycles. The summed E-state index contributed by atoms with van der Waals surface area (Å²) in [6.07, 6.45) is 0.966. The molecule has 1 aromatic carbocycles. The fraction of sp³-hybridized carbons (Fsp3) is 0.739. The van der Waals surface area contributed by atoms with Crippen LogP contribution in [0.5, 0.6) is 5.75 Å². The van der Waals surface area contributed by atoms with Gasteiger partial charge in [0.25, 0.3) is 0 Å². The minimum absolute atomic E-state index is 0.101. The number of aliphatic hydroxyl groups excluding tert-OH is 2. The minimum atomic E-state index is -0.674. The third kappa shape index (κ3) is 5.16. The topological polar surface area (TPSA) is 80.7 Å². The van der Waals surface area contributed by atoms with Crippen molar-refractivity contribution in [3.63, 3.8) is 0 Å². The van der Waals surface area contributed by atoms with Crippen LogP contribution in [0.3, 0.4) is 0 Å². The van der Waals surface area contributed by atoms with Crippen LogP contribution < -0.4 is 15.0 Å². The first kappa shape index (κ1) is 22.8. The molecule has 4 rings (SSSR count). The highest BCUT2D eigenvalue weighted by Crippen LogP contribution is 2.31. The second-order valence-corrected chi connectivity index (χ2v) is 9.06. The lowest BCUT2D eigenvalue weighted by molar-refractivity contribution is -0.0222. The van der Waals surface area contributed by atoms with Crippen LogP contribution in [0.4, 0.5) is 5.69 Å². The molecule has 0 spiro atoms. The normalized spacial score (nSPS) is 31.3. The van der Waals surface area contributed by atoms with E-state index in [4.69, 9.17) is 9.47 Å². The molecule has 0 bridgehead atoms. The van der Waals surface area contributed by atoms with Gasteiger partial charge in [0, 0.05) is 38.8 Å². The van der Waals surface area contributed by atoms with Crippen LogP contribution in [0.2, 0.25) is 0 Å². The standard InChI is InChI=1S/C23H38N4O4/c1-25-9-7-17(8-10-25)24-15-20-22(23(29)21(16-28)31-20)27-13-11-26(12-14-27)18-5-3-4-6-19(18)30-2/h3-6,17,20-24,28-29H,7-16H2,1-2H3. The lowest BCUT2D eigenvalue weighted by atomic mass is 10.00. The van der Waals surface area contributed by atoms with Crippen molar-refractivity contribution >= 4 is 5.69 Å². The van der Waals surface area contributed by atoms with E-state index in [1.165, 1.54) is 0 Å². The summed E-state index contributed by atoms with van der Waals surface area (Å²) < 4.78 is 11.6. The van der Waals surface area contributed by atoms with Gasteiger partial charge in [0.2, 0.25) is 0 Å². The highest BCUT2D eigenvalue weighted by atomic mass is 16.5. The van der Waals surface area contributed by atoms with Crippen molar-refractivity contribution in [3.8, 4) is 5.75 Å². The Kier molecular flexibility index (Phi) is 7.68. The Morgan fingerprint density at radius 3 is 2.45 bits per heavy atom. The van der Waals surface area contributed by atoms with Crippen LogP contribution in [0.15, 0.2) is 24.3 Å². The third-order valence-corrected chi connectivity index (χ3v) is 7.13. The molecule has 3 N–H and O–H groups in total. The van der Waals surface area contributed by atoms with Gasteiger partial charge < -0.3 is 34.8 Å². The van der Waals surface area contributed by atoms with Gasteiger partial charge in [-0.15, -0.1) is 0 Å². The Labute approximate surface area is 185 Å². The number of para-hydroxylation sites is 2. The van der Waals surface area contributed by atoms with Crippen LogP contribution in [-0.4, -0.2) is 117 Å². The summed E-state index contributed by atoms with van der Waals surface area (Å²) in [5.41, 5.74) is 1.11. The summed E-state index contributed by atoms with van der Waals surface area (Å²) in [5, 5.41) is 24.3. The monoisotopic (exact) mass is 434 g/mol. The van der Waals surface area contributed by atoms with Gasteiger partial charge in [0.1, 0.15) is 18.0 Å². The predicted octanol–water partition coefficient (Wildman–Crippen LogP) is -0.00980. The van der Waals surface area contributed by atoms with E-state index >= 15 is 0 Å². The smallest absolute Gasteiger partial charge is 0.142 e. The molecule has 3 fully saturated rings. The van der Waals surface area contributed by atoms with E-state index in [1.54, 1.807) is 7.11 Å². The minimum Gasteiger partial charge on any atom is -0.495 e. The van der Waals surface area contributed by atoms with Crippen LogP contribution in [0.25, 0.3) is 0 Å². The van der Waals surface area contributed by atoms with Crippen molar-refractivity contribution in [2.24, 2.45) is 0 Å². The third-order valence-electron chi connectivity index (χ3n) is 7.13. The van der Waals surface area contributed by atoms with E-state index in [1.807, 2.05) is 18.2 Å². The lowest BCUT2D eigenvalue weighted by Gasteiger charge is -2.41. The Morgan fingerprint density at radius 1 is 1.06 bits per heavy atom. The molecule has 0 amide bonds. The molecule has 0 saturated carbocycles. The fourth-order valence-electron chi connectivity index (χ4n) is 5.24. The Balaban J connectivity index is 1.36. The van der Waals surface area contributed by atoms with Crippen LogP contribution in [0.1, 0.15) is 12.8 Å². The maximum absolute atomic E-state index is 10.9. The van der Waals surface area contributed by atoms with E-state index in [0.29, 0.717) is 12.6 Å². The van der Waals surface area contributed by atoms with Gasteiger partial charge in [-0.05, 0) is 45.1 Å². The van der Waals surface area contributed by atoms with Gasteiger partial charge in [-0.3, -0.25) is 4.90 Å². The van der Waals surface area contributed by atoms with E-state index in [2.05, 4.69) is 33.1 Å². The first-order chi connectivity index (χ1) is 15.1. The first-order valence-electron chi connectivity index (χ1n) is 11.6. The second kappa shape index (κ2) is 10.5. The number of nitrogens with zero attached hydrogens (tertiary/aromatic N) is 3. The number of benzene rings is 1. The van der Waals surface area contributed by atoms with Crippen LogP contribution in [-0.2, 0) is 4.74 Å². The zero-order valence-electron chi connectivity index (χ0n) is 18.8. The molecule has 3 aliphatic heterocycles. The molecule has 0 aromatic heterocycles. The molecule has 3 aliphatic rings. The van der Waals surface area contributed by atoms with Crippen molar-refractivity contribution in [3.05, 3.63) is 24.3 Å². The number of methoxy groups -OCH3 is 1. The first-order valence-corrected chi connectivity index (χ1v) is 11.6. The van der Waals surface area contributed by atoms with Gasteiger partial charge in [-0.2, -0.15) is 0 Å². The summed E-state index contributed by atoms with van der Waals surface area (Å²) in [6, 6.07) is 8.51. The van der Waals surface area contributed by atoms with E-state index in [9.17, 15) is 10.2 Å². The summed E-state index contributed by atoms with van der Waals surface area (Å²) >= 11 is 0. The van der Waals surface area contributed by atoms with Crippen LogP contribution in [0, 0.1) is 0 Å². The predicted molar refractivity (Wildman–Crippen MR) is 121 cm³/mol. The van der Waals surface area contributed by atoms with E-state index in [0.717, 1.165) is 63.5 Å². The molecule has 4 atom stereocenters. The molecule has 0 aliphatic carbocycles. The second-order valence-electron chi connectivity index (χ2n) is 9.06. The van der Waals surface area contributed by atoms with Gasteiger partial charge in [0.05, 0.1) is 31.5 Å². The van der Waals surface area contributed by atoms with Crippen molar-refractivity contribution in [2.75, 3.05) is 71.5 Å². The van der Waals surface area contributed by atoms with Gasteiger partial charge >= 0.3 is 0 Å². The highest BCUT2D eigenvalue weighted by molar-refractivity contribution is 5.58. The number of hydrogen-bond donors (Lipinski definition) is 3. The molecular formula is C23H38N4O4. The largest absolute Gasteiger partial charge is 0.495 e. The SMILES string of the molecule is COc1ccccc1N1CCN(C2C(CNC3CCN(C)CC3)OC(CO)C2O)CC1. The molecule has 3 heterocycles. The summed E-state index contributed by atoms with van der Waals surface area (Å²) in [6.45, 7) is 6.19. The highest BCUT2D eigenvalue weighted by Gasteiger charge is 2.46.